The molecule has 4 bridgehead atoms. The zero-order valence-electron chi connectivity index (χ0n) is 18.0. The monoisotopic (exact) mass is 397 g/mol. The maximum absolute atomic E-state index is 12.6. The quantitative estimate of drug-likeness (QED) is 0.739. The number of rotatable bonds is 7. The van der Waals surface area contributed by atoms with E-state index in [0.717, 1.165) is 29.0 Å². The van der Waals surface area contributed by atoms with Crippen LogP contribution in [0.4, 0.5) is 5.69 Å². The van der Waals surface area contributed by atoms with E-state index in [1.54, 1.807) is 4.90 Å². The Bertz CT molecular complexity index is 723. The molecule has 0 spiro atoms. The van der Waals surface area contributed by atoms with Crippen LogP contribution < -0.4 is 10.6 Å². The molecule has 29 heavy (non-hydrogen) atoms. The van der Waals surface area contributed by atoms with E-state index in [9.17, 15) is 9.59 Å². The first-order valence-electron chi connectivity index (χ1n) is 11.2. The van der Waals surface area contributed by atoms with Crippen LogP contribution in [-0.4, -0.2) is 42.9 Å². The van der Waals surface area contributed by atoms with Crippen LogP contribution >= 0.6 is 0 Å². The molecule has 0 heterocycles. The Morgan fingerprint density at radius 1 is 1.00 bits per heavy atom. The van der Waals surface area contributed by atoms with Gasteiger partial charge < -0.3 is 10.6 Å². The van der Waals surface area contributed by atoms with Gasteiger partial charge in [-0.2, -0.15) is 0 Å². The van der Waals surface area contributed by atoms with Gasteiger partial charge in [0.1, 0.15) is 0 Å². The number of amides is 2. The lowest BCUT2D eigenvalue weighted by molar-refractivity contribution is -0.127. The molecule has 4 aliphatic carbocycles. The van der Waals surface area contributed by atoms with Crippen LogP contribution in [0.5, 0.6) is 0 Å². The number of nitrogens with one attached hydrogen (secondary N) is 2. The molecule has 5 heteroatoms. The van der Waals surface area contributed by atoms with Crippen molar-refractivity contribution < 1.29 is 9.59 Å². The fraction of sp³-hybridized carbons (Fsp3) is 0.667. The van der Waals surface area contributed by atoms with Crippen LogP contribution in [0, 0.1) is 30.1 Å². The van der Waals surface area contributed by atoms with E-state index in [-0.39, 0.29) is 30.9 Å². The van der Waals surface area contributed by atoms with E-state index >= 15 is 0 Å². The Hall–Kier alpha value is -1.88. The molecule has 5 nitrogen and oxygen atoms in total. The number of aryl methyl sites for hydroxylation is 1. The van der Waals surface area contributed by atoms with Gasteiger partial charge in [-0.15, -0.1) is 0 Å². The molecule has 4 fully saturated rings. The number of likely N-dealkylation sites (N-methyl/N-ethyl adjacent to an activating group) is 1. The second-order valence-corrected chi connectivity index (χ2v) is 10.2. The Kier molecular flexibility index (Phi) is 5.69. The third-order valence-corrected chi connectivity index (χ3v) is 7.54. The molecule has 4 saturated carbocycles. The largest absolute Gasteiger partial charge is 0.352 e. The van der Waals surface area contributed by atoms with Crippen LogP contribution in [0.2, 0.25) is 0 Å². The molecule has 2 amide bonds. The topological polar surface area (TPSA) is 61.4 Å². The Labute approximate surface area is 174 Å². The van der Waals surface area contributed by atoms with Crippen molar-refractivity contribution >= 4 is 17.5 Å². The molecular formula is C24H35N3O2. The Morgan fingerprint density at radius 3 is 2.07 bits per heavy atom. The van der Waals surface area contributed by atoms with Gasteiger partial charge in [-0.1, -0.05) is 17.7 Å². The zero-order chi connectivity index (χ0) is 20.6. The van der Waals surface area contributed by atoms with Crippen molar-refractivity contribution in [2.45, 2.75) is 58.4 Å². The third-order valence-electron chi connectivity index (χ3n) is 7.54. The highest BCUT2D eigenvalue weighted by molar-refractivity contribution is 5.92. The molecule has 1 aromatic rings. The lowest BCUT2D eigenvalue weighted by Crippen LogP contribution is -2.56. The number of anilines is 1. The van der Waals surface area contributed by atoms with Crippen molar-refractivity contribution in [1.29, 1.82) is 0 Å². The van der Waals surface area contributed by atoms with Gasteiger partial charge in [0.15, 0.2) is 0 Å². The number of hydrogen-bond acceptors (Lipinski definition) is 3. The van der Waals surface area contributed by atoms with E-state index in [0.29, 0.717) is 5.41 Å². The summed E-state index contributed by atoms with van der Waals surface area (Å²) in [5, 5.41) is 6.18. The highest BCUT2D eigenvalue weighted by Gasteiger charge is 2.53. The summed E-state index contributed by atoms with van der Waals surface area (Å²) >= 11 is 0. The molecule has 0 radical (unpaired) electrons. The van der Waals surface area contributed by atoms with Crippen molar-refractivity contribution in [3.05, 3.63) is 29.8 Å². The highest BCUT2D eigenvalue weighted by Crippen LogP contribution is 2.61. The molecule has 0 aliphatic heterocycles. The first-order chi connectivity index (χ1) is 13.8. The summed E-state index contributed by atoms with van der Waals surface area (Å²) in [5.74, 6) is 2.58. The molecule has 158 valence electrons. The summed E-state index contributed by atoms with van der Waals surface area (Å²) < 4.78 is 0. The summed E-state index contributed by atoms with van der Waals surface area (Å²) in [4.78, 5) is 26.7. The van der Waals surface area contributed by atoms with Gasteiger partial charge in [0.05, 0.1) is 13.1 Å². The van der Waals surface area contributed by atoms with Crippen LogP contribution in [0.15, 0.2) is 24.3 Å². The van der Waals surface area contributed by atoms with E-state index in [4.69, 9.17) is 0 Å². The zero-order valence-corrected chi connectivity index (χ0v) is 18.0. The van der Waals surface area contributed by atoms with Gasteiger partial charge in [-0.25, -0.2) is 0 Å². The lowest BCUT2D eigenvalue weighted by atomic mass is 9.48. The smallest absolute Gasteiger partial charge is 0.238 e. The van der Waals surface area contributed by atoms with Gasteiger partial charge in [-0.05, 0) is 94.7 Å². The minimum absolute atomic E-state index is 0.0267. The SMILES string of the molecule is Cc1ccc(NC(=O)CN(C)CC(=O)N[C@H](C)C23CC4CC(CC(C4)C2)C3)cc1. The van der Waals surface area contributed by atoms with Crippen LogP contribution in [0.1, 0.15) is 51.0 Å². The molecular weight excluding hydrogens is 362 g/mol. The van der Waals surface area contributed by atoms with Gasteiger partial charge in [0, 0.05) is 11.7 Å². The predicted molar refractivity (Wildman–Crippen MR) is 116 cm³/mol. The van der Waals surface area contributed by atoms with Crippen LogP contribution in [0.25, 0.3) is 0 Å². The molecule has 0 aromatic heterocycles. The maximum Gasteiger partial charge on any atom is 0.238 e. The van der Waals surface area contributed by atoms with E-state index in [1.807, 2.05) is 38.2 Å². The summed E-state index contributed by atoms with van der Waals surface area (Å²) in [7, 11) is 1.82. The molecule has 0 unspecified atom stereocenters. The first kappa shape index (κ1) is 20.4. The Morgan fingerprint density at radius 2 is 1.52 bits per heavy atom. The number of carbonyl (C=O) groups is 2. The first-order valence-corrected chi connectivity index (χ1v) is 11.2. The van der Waals surface area contributed by atoms with Gasteiger partial charge in [0.2, 0.25) is 11.8 Å². The molecule has 2 N–H and O–H groups in total. The second-order valence-electron chi connectivity index (χ2n) is 10.2. The van der Waals surface area contributed by atoms with E-state index < -0.39 is 0 Å². The van der Waals surface area contributed by atoms with Crippen molar-refractivity contribution in [2.24, 2.45) is 23.2 Å². The third kappa shape index (κ3) is 4.66. The van der Waals surface area contributed by atoms with E-state index in [2.05, 4.69) is 17.6 Å². The minimum Gasteiger partial charge on any atom is -0.352 e. The van der Waals surface area contributed by atoms with E-state index in [1.165, 1.54) is 38.5 Å². The normalized spacial score (nSPS) is 31.0. The average molecular weight is 398 g/mol. The number of benzene rings is 1. The summed E-state index contributed by atoms with van der Waals surface area (Å²) in [6.07, 6.45) is 8.11. The van der Waals surface area contributed by atoms with Crippen LogP contribution in [-0.2, 0) is 9.59 Å². The molecule has 1 aromatic carbocycles. The standard InChI is InChI=1S/C24H35N3O2/c1-16-4-6-21(7-5-16)26-23(29)15-27(3)14-22(28)25-17(2)24-11-18-8-19(12-24)10-20(9-18)13-24/h4-7,17-20H,8-15H2,1-3H3,(H,25,28)(H,26,29)/t17-,18?,19?,20?,24?/m1/s1. The molecule has 4 aliphatic rings. The summed E-state index contributed by atoms with van der Waals surface area (Å²) in [6.45, 7) is 4.67. The second kappa shape index (κ2) is 8.10. The highest BCUT2D eigenvalue weighted by atomic mass is 16.2. The van der Waals surface area contributed by atoms with Crippen molar-refractivity contribution in [3.63, 3.8) is 0 Å². The number of hydrogen-bond donors (Lipinski definition) is 2. The number of carbonyl (C=O) groups excluding carboxylic acids is 2. The van der Waals surface area contributed by atoms with Gasteiger partial charge in [-0.3, -0.25) is 14.5 Å². The van der Waals surface area contributed by atoms with Gasteiger partial charge >= 0.3 is 0 Å². The molecule has 0 saturated heterocycles. The lowest BCUT2D eigenvalue weighted by Gasteiger charge is -2.59. The fourth-order valence-corrected chi connectivity index (χ4v) is 6.53. The van der Waals surface area contributed by atoms with Crippen molar-refractivity contribution in [3.8, 4) is 0 Å². The van der Waals surface area contributed by atoms with Crippen LogP contribution in [0.3, 0.4) is 0 Å². The molecule has 5 rings (SSSR count). The molecule has 1 atom stereocenters. The van der Waals surface area contributed by atoms with Gasteiger partial charge in [0.25, 0.3) is 0 Å². The van der Waals surface area contributed by atoms with Crippen molar-refractivity contribution in [2.75, 3.05) is 25.5 Å². The Balaban J connectivity index is 1.25. The number of nitrogens with zero attached hydrogens (tertiary/aromatic N) is 1. The maximum atomic E-state index is 12.6. The summed E-state index contributed by atoms with van der Waals surface area (Å²) in [5.41, 5.74) is 2.25. The minimum atomic E-state index is -0.0988. The van der Waals surface area contributed by atoms with Crippen molar-refractivity contribution in [1.82, 2.24) is 10.2 Å². The fourth-order valence-electron chi connectivity index (χ4n) is 6.53. The summed E-state index contributed by atoms with van der Waals surface area (Å²) in [6, 6.07) is 7.95. The average Bonchev–Trinajstić information content (AvgIpc) is 2.62. The predicted octanol–water partition coefficient (Wildman–Crippen LogP) is 3.59.